The molecule has 0 fully saturated rings. The van der Waals surface area contributed by atoms with E-state index in [1.165, 1.54) is 27.7 Å². The van der Waals surface area contributed by atoms with Crippen molar-refractivity contribution in [1.29, 1.82) is 0 Å². The molecule has 174 valence electrons. The fourth-order valence-electron chi connectivity index (χ4n) is 3.77. The fraction of sp³-hybridized carbons (Fsp3) is 0.0952. The van der Waals surface area contributed by atoms with Crippen LogP contribution in [0.2, 0.25) is 5.02 Å². The first kappa shape index (κ1) is 20.9. The van der Waals surface area contributed by atoms with Gasteiger partial charge in [-0.2, -0.15) is 0 Å². The van der Waals surface area contributed by atoms with Gasteiger partial charge in [0, 0.05) is 18.6 Å². The third-order valence-corrected chi connectivity index (χ3v) is 5.68. The first-order valence-corrected chi connectivity index (χ1v) is 10.7. The minimum atomic E-state index is -0.596. The molecule has 0 unspecified atom stereocenters. The van der Waals surface area contributed by atoms with Gasteiger partial charge in [0.1, 0.15) is 18.2 Å². The van der Waals surface area contributed by atoms with Crippen LogP contribution in [0.3, 0.4) is 0 Å². The molecule has 0 bridgehead atoms. The van der Waals surface area contributed by atoms with Gasteiger partial charge in [-0.3, -0.25) is 9.36 Å². The molecule has 0 saturated carbocycles. The van der Waals surface area contributed by atoms with Crippen molar-refractivity contribution in [2.75, 3.05) is 0 Å². The van der Waals surface area contributed by atoms with Gasteiger partial charge >= 0.3 is 0 Å². The fourth-order valence-corrected chi connectivity index (χ4v) is 3.91. The van der Waals surface area contributed by atoms with Crippen LogP contribution in [0.5, 0.6) is 0 Å². The molecular weight excluding hydrogens is 477 g/mol. The summed E-state index contributed by atoms with van der Waals surface area (Å²) in [5, 5.41) is 18.3. The zero-order valence-corrected chi connectivity index (χ0v) is 18.6. The summed E-state index contributed by atoms with van der Waals surface area (Å²) in [6.45, 7) is 0.302. The van der Waals surface area contributed by atoms with Crippen LogP contribution in [-0.2, 0) is 13.1 Å². The summed E-state index contributed by atoms with van der Waals surface area (Å²) in [4.78, 5) is 21.4. The van der Waals surface area contributed by atoms with Gasteiger partial charge in [-0.25, -0.2) is 19.0 Å². The highest BCUT2D eigenvalue weighted by Gasteiger charge is 2.16. The molecular formula is C21H15ClFN11O. The lowest BCUT2D eigenvalue weighted by molar-refractivity contribution is 0.0945. The number of hydrogen-bond acceptors (Lipinski definition) is 7. The molecule has 35 heavy (non-hydrogen) atoms. The summed E-state index contributed by atoms with van der Waals surface area (Å²) in [5.74, 6) is -1.06. The number of hydrogen-bond donors (Lipinski definition) is 1. The van der Waals surface area contributed by atoms with E-state index in [1.54, 1.807) is 23.4 Å². The Morgan fingerprint density at radius 2 is 1.94 bits per heavy atom. The molecule has 0 aliphatic rings. The maximum Gasteiger partial charge on any atom is 0.273 e. The van der Waals surface area contributed by atoms with Gasteiger partial charge in [0.25, 0.3) is 5.91 Å². The normalized spacial score (nSPS) is 11.5. The number of imidazole rings is 2. The Morgan fingerprint density at radius 1 is 1.09 bits per heavy atom. The Kier molecular flexibility index (Phi) is 4.95. The minimum absolute atomic E-state index is 0.00221. The number of nitrogens with zero attached hydrogens (tertiary/aromatic N) is 10. The van der Waals surface area contributed by atoms with Gasteiger partial charge < -0.3 is 14.1 Å². The first-order chi connectivity index (χ1) is 17.1. The van der Waals surface area contributed by atoms with Crippen molar-refractivity contribution >= 4 is 28.7 Å². The van der Waals surface area contributed by atoms with Crippen molar-refractivity contribution in [3.63, 3.8) is 0 Å². The molecule has 0 atom stereocenters. The second-order valence-electron chi connectivity index (χ2n) is 7.63. The standard InChI is InChI=1S/C21H15ClFN11O/c22-14-3-5-32-10-25-15(19(32)18(14)23)6-24-21(35)16-9-34(30-29-16)8-13-7-31-4-1-2-17(20(31)28-13)33-11-26-27-12-33/h1-5,7,9-12H,6,8H2,(H,24,35). The monoisotopic (exact) mass is 491 g/mol. The van der Waals surface area contributed by atoms with Gasteiger partial charge in [-0.1, -0.05) is 16.8 Å². The lowest BCUT2D eigenvalue weighted by Gasteiger charge is -2.03. The van der Waals surface area contributed by atoms with E-state index in [4.69, 9.17) is 11.6 Å². The van der Waals surface area contributed by atoms with E-state index >= 15 is 0 Å². The van der Waals surface area contributed by atoms with Crippen LogP contribution in [0.25, 0.3) is 16.9 Å². The van der Waals surface area contributed by atoms with Crippen LogP contribution in [-0.4, -0.2) is 54.4 Å². The van der Waals surface area contributed by atoms with E-state index in [0.717, 1.165) is 17.0 Å². The predicted molar refractivity (Wildman–Crippen MR) is 121 cm³/mol. The van der Waals surface area contributed by atoms with Crippen LogP contribution >= 0.6 is 11.6 Å². The van der Waals surface area contributed by atoms with Crippen molar-refractivity contribution < 1.29 is 9.18 Å². The summed E-state index contributed by atoms with van der Waals surface area (Å²) in [7, 11) is 0. The van der Waals surface area contributed by atoms with Crippen molar-refractivity contribution in [3.05, 3.63) is 89.9 Å². The Labute approximate surface area is 200 Å². The Hall–Kier alpha value is -4.65. The number of carbonyl (C=O) groups excluding carboxylic acids is 1. The van der Waals surface area contributed by atoms with Crippen LogP contribution < -0.4 is 5.32 Å². The van der Waals surface area contributed by atoms with Crippen molar-refractivity contribution in [2.24, 2.45) is 0 Å². The molecule has 1 N–H and O–H groups in total. The summed E-state index contributed by atoms with van der Waals surface area (Å²) in [6.07, 6.45) is 11.5. The summed E-state index contributed by atoms with van der Waals surface area (Å²) < 4.78 is 21.1. The van der Waals surface area contributed by atoms with Crippen molar-refractivity contribution in [3.8, 4) is 5.69 Å². The third kappa shape index (κ3) is 3.77. The number of rotatable bonds is 6. The molecule has 0 spiro atoms. The van der Waals surface area contributed by atoms with E-state index in [1.807, 2.05) is 28.9 Å². The zero-order valence-electron chi connectivity index (χ0n) is 17.8. The number of aromatic nitrogens is 10. The molecule has 0 aromatic carbocycles. The maximum absolute atomic E-state index is 14.4. The molecule has 6 rings (SSSR count). The van der Waals surface area contributed by atoms with Crippen molar-refractivity contribution in [2.45, 2.75) is 13.1 Å². The summed E-state index contributed by atoms with van der Waals surface area (Å²) in [5.41, 5.74) is 2.94. The number of halogens is 2. The van der Waals surface area contributed by atoms with E-state index in [2.05, 4.69) is 35.8 Å². The smallest absolute Gasteiger partial charge is 0.273 e. The second-order valence-corrected chi connectivity index (χ2v) is 8.04. The van der Waals surface area contributed by atoms with E-state index in [9.17, 15) is 9.18 Å². The van der Waals surface area contributed by atoms with Gasteiger partial charge in [-0.15, -0.1) is 15.3 Å². The SMILES string of the molecule is O=C(NCc1ncn2ccc(Cl)c(F)c12)c1cn(Cc2cn3cccc(-n4cnnc4)c3n2)nn1. The molecule has 0 radical (unpaired) electrons. The Bertz CT molecular complexity index is 1680. The molecule has 12 nitrogen and oxygen atoms in total. The third-order valence-electron chi connectivity index (χ3n) is 5.39. The van der Waals surface area contributed by atoms with Crippen molar-refractivity contribution in [1.82, 2.24) is 53.8 Å². The molecule has 6 aromatic heterocycles. The summed E-state index contributed by atoms with van der Waals surface area (Å²) >= 11 is 5.87. The van der Waals surface area contributed by atoms with Crippen LogP contribution in [0.1, 0.15) is 21.9 Å². The van der Waals surface area contributed by atoms with Gasteiger partial charge in [-0.05, 0) is 18.2 Å². The largest absolute Gasteiger partial charge is 0.345 e. The maximum atomic E-state index is 14.4. The molecule has 0 aliphatic heterocycles. The second kappa shape index (κ2) is 8.29. The van der Waals surface area contributed by atoms with E-state index in [0.29, 0.717) is 12.2 Å². The van der Waals surface area contributed by atoms with Gasteiger partial charge in [0.2, 0.25) is 0 Å². The highest BCUT2D eigenvalue weighted by atomic mass is 35.5. The number of nitrogens with one attached hydrogen (secondary N) is 1. The predicted octanol–water partition coefficient (Wildman–Crippen LogP) is 1.92. The lowest BCUT2D eigenvalue weighted by Crippen LogP contribution is -2.23. The zero-order chi connectivity index (χ0) is 23.9. The number of carbonyl (C=O) groups is 1. The van der Waals surface area contributed by atoms with Crippen LogP contribution in [0.4, 0.5) is 4.39 Å². The Balaban J connectivity index is 1.17. The van der Waals surface area contributed by atoms with E-state index in [-0.39, 0.29) is 22.8 Å². The highest BCUT2D eigenvalue weighted by molar-refractivity contribution is 6.31. The van der Waals surface area contributed by atoms with Gasteiger partial charge in [0.15, 0.2) is 17.2 Å². The molecule has 14 heteroatoms. The van der Waals surface area contributed by atoms with Gasteiger partial charge in [0.05, 0.1) is 47.7 Å². The molecule has 0 saturated heterocycles. The molecule has 6 aromatic rings. The number of pyridine rings is 2. The average molecular weight is 492 g/mol. The Morgan fingerprint density at radius 3 is 2.80 bits per heavy atom. The van der Waals surface area contributed by atoms with Crippen LogP contribution in [0.15, 0.2) is 62.0 Å². The topological polar surface area (TPSA) is 125 Å². The average Bonchev–Trinajstić information content (AvgIpc) is 3.65. The number of fused-ring (bicyclic) bond motifs is 2. The lowest BCUT2D eigenvalue weighted by atomic mass is 10.3. The van der Waals surface area contributed by atoms with E-state index < -0.39 is 11.7 Å². The molecule has 1 amide bonds. The molecule has 0 aliphatic carbocycles. The first-order valence-electron chi connectivity index (χ1n) is 10.4. The highest BCUT2D eigenvalue weighted by Crippen LogP contribution is 2.21. The molecule has 6 heterocycles. The van der Waals surface area contributed by atoms with Crippen LogP contribution in [0, 0.1) is 5.82 Å². The summed E-state index contributed by atoms with van der Waals surface area (Å²) in [6, 6.07) is 5.25. The number of amides is 1. The minimum Gasteiger partial charge on any atom is -0.345 e. The quantitative estimate of drug-likeness (QED) is 0.377.